The normalized spacial score (nSPS) is 16.4. The number of benzene rings is 1. The fraction of sp³-hybridized carbons (Fsp3) is 0.565. The van der Waals surface area contributed by atoms with Crippen molar-refractivity contribution in [2.45, 2.75) is 77.0 Å². The smallest absolute Gasteiger partial charge is 0.378 e. The van der Waals surface area contributed by atoms with E-state index in [4.69, 9.17) is 9.47 Å². The van der Waals surface area contributed by atoms with Crippen LogP contribution in [-0.4, -0.2) is 56.8 Å². The fourth-order valence-electron chi connectivity index (χ4n) is 3.61. The van der Waals surface area contributed by atoms with Gasteiger partial charge in [0.2, 0.25) is 0 Å². The van der Waals surface area contributed by atoms with Gasteiger partial charge in [-0.1, -0.05) is 11.2 Å². The van der Waals surface area contributed by atoms with Gasteiger partial charge in [0.15, 0.2) is 11.3 Å². The van der Waals surface area contributed by atoms with Gasteiger partial charge in [-0.05, 0) is 69.8 Å². The van der Waals surface area contributed by atoms with E-state index in [1.54, 1.807) is 0 Å². The third-order valence-electron chi connectivity index (χ3n) is 5.91. The number of carbonyl (C=O) groups is 1. The van der Waals surface area contributed by atoms with Crippen LogP contribution in [0.25, 0.3) is 11.0 Å². The van der Waals surface area contributed by atoms with E-state index in [1.165, 1.54) is 13.8 Å². The standard InChI is InChI=1S/C23H28F3N5O4/c1-12-18(31-35-30-12)21(32)29-19(13(2)34-22(3,4)23(24,25)26)20-27-16-8-5-14(11-17(16)28-20)9-10-33-15-6-7-15/h5,8,11,13,15,19H,6-7,9-10H2,1-4H3,(H,27,28)(H,29,32)/t13-,19+/m1/s1. The molecule has 9 nitrogen and oxygen atoms in total. The number of halogens is 3. The highest BCUT2D eigenvalue weighted by atomic mass is 19.4. The molecule has 2 aromatic heterocycles. The average Bonchev–Trinajstić information content (AvgIpc) is 3.33. The van der Waals surface area contributed by atoms with Gasteiger partial charge in [-0.15, -0.1) is 0 Å². The van der Waals surface area contributed by atoms with Gasteiger partial charge >= 0.3 is 6.18 Å². The second kappa shape index (κ2) is 9.57. The summed E-state index contributed by atoms with van der Waals surface area (Å²) in [4.78, 5) is 20.5. The monoisotopic (exact) mass is 495 g/mol. The Hall–Kier alpha value is -2.99. The first-order valence-electron chi connectivity index (χ1n) is 11.4. The Morgan fingerprint density at radius 1 is 1.29 bits per heavy atom. The number of aromatic amines is 1. The van der Waals surface area contributed by atoms with Crippen molar-refractivity contribution >= 4 is 16.9 Å². The Morgan fingerprint density at radius 3 is 2.66 bits per heavy atom. The van der Waals surface area contributed by atoms with Crippen LogP contribution in [0, 0.1) is 6.92 Å². The number of nitrogens with one attached hydrogen (secondary N) is 2. The van der Waals surface area contributed by atoms with E-state index < -0.39 is 29.8 Å². The van der Waals surface area contributed by atoms with Gasteiger partial charge in [0.05, 0.1) is 29.8 Å². The summed E-state index contributed by atoms with van der Waals surface area (Å²) in [5, 5.41) is 9.82. The van der Waals surface area contributed by atoms with Crippen LogP contribution in [-0.2, 0) is 15.9 Å². The summed E-state index contributed by atoms with van der Waals surface area (Å²) >= 11 is 0. The number of aromatic nitrogens is 4. The van der Waals surface area contributed by atoms with Gasteiger partial charge < -0.3 is 19.8 Å². The van der Waals surface area contributed by atoms with Gasteiger partial charge in [0, 0.05) is 0 Å². The lowest BCUT2D eigenvalue weighted by atomic mass is 10.1. The van der Waals surface area contributed by atoms with Crippen LogP contribution < -0.4 is 5.32 Å². The predicted octanol–water partition coefficient (Wildman–Crippen LogP) is 4.19. The highest BCUT2D eigenvalue weighted by Crippen LogP contribution is 2.36. The summed E-state index contributed by atoms with van der Waals surface area (Å²) in [6, 6.07) is 4.61. The van der Waals surface area contributed by atoms with Crippen molar-refractivity contribution < 1.29 is 32.1 Å². The molecule has 1 aliphatic rings. The largest absolute Gasteiger partial charge is 0.416 e. The molecule has 35 heavy (non-hydrogen) atoms. The lowest BCUT2D eigenvalue weighted by Gasteiger charge is -2.34. The van der Waals surface area contributed by atoms with Gasteiger partial charge in [0.1, 0.15) is 17.6 Å². The number of amides is 1. The molecule has 1 saturated carbocycles. The minimum Gasteiger partial charge on any atom is -0.378 e. The molecule has 190 valence electrons. The second-order valence-electron chi connectivity index (χ2n) is 9.27. The van der Waals surface area contributed by atoms with Crippen LogP contribution in [0.1, 0.15) is 67.2 Å². The Bertz CT molecular complexity index is 1190. The minimum atomic E-state index is -4.62. The van der Waals surface area contributed by atoms with Crippen LogP contribution in [0.4, 0.5) is 13.2 Å². The van der Waals surface area contributed by atoms with E-state index >= 15 is 0 Å². The Morgan fingerprint density at radius 2 is 2.03 bits per heavy atom. The number of imidazole rings is 1. The quantitative estimate of drug-likeness (QED) is 0.433. The molecule has 4 rings (SSSR count). The molecule has 0 aliphatic heterocycles. The molecule has 2 heterocycles. The van der Waals surface area contributed by atoms with Gasteiger partial charge in [0.25, 0.3) is 5.91 Å². The summed E-state index contributed by atoms with van der Waals surface area (Å²) in [7, 11) is 0. The SMILES string of the molecule is Cc1nonc1C(=O)N[C@H](c1nc2ccc(CCOC3CC3)cc2[nH]1)[C@@H](C)OC(C)(C)C(F)(F)F. The van der Waals surface area contributed by atoms with Crippen molar-refractivity contribution in [3.05, 3.63) is 41.0 Å². The molecule has 0 spiro atoms. The topological polar surface area (TPSA) is 115 Å². The summed E-state index contributed by atoms with van der Waals surface area (Å²) < 4.78 is 56.1. The fourth-order valence-corrected chi connectivity index (χ4v) is 3.61. The van der Waals surface area contributed by atoms with E-state index in [9.17, 15) is 18.0 Å². The van der Waals surface area contributed by atoms with Crippen molar-refractivity contribution in [3.63, 3.8) is 0 Å². The van der Waals surface area contributed by atoms with E-state index in [1.807, 2.05) is 18.2 Å². The van der Waals surface area contributed by atoms with Crippen LogP contribution >= 0.6 is 0 Å². The highest BCUT2D eigenvalue weighted by Gasteiger charge is 2.50. The maximum Gasteiger partial charge on any atom is 0.416 e. The lowest BCUT2D eigenvalue weighted by molar-refractivity contribution is -0.277. The molecule has 0 bridgehead atoms. The maximum absolute atomic E-state index is 13.5. The zero-order valence-corrected chi connectivity index (χ0v) is 19.9. The zero-order valence-electron chi connectivity index (χ0n) is 19.9. The number of hydrogen-bond donors (Lipinski definition) is 2. The Balaban J connectivity index is 1.59. The number of H-pyrrole nitrogens is 1. The zero-order chi connectivity index (χ0) is 25.4. The highest BCUT2D eigenvalue weighted by molar-refractivity contribution is 5.93. The molecule has 1 aromatic carbocycles. The third kappa shape index (κ3) is 5.81. The van der Waals surface area contributed by atoms with Crippen LogP contribution in [0.2, 0.25) is 0 Å². The number of alkyl halides is 3. The van der Waals surface area contributed by atoms with E-state index in [2.05, 4.69) is 30.2 Å². The van der Waals surface area contributed by atoms with Gasteiger partial charge in [-0.2, -0.15) is 13.2 Å². The van der Waals surface area contributed by atoms with Crippen LogP contribution in [0.15, 0.2) is 22.8 Å². The number of ether oxygens (including phenoxy) is 2. The number of fused-ring (bicyclic) bond motifs is 1. The van der Waals surface area contributed by atoms with Crippen LogP contribution in [0.5, 0.6) is 0 Å². The molecule has 2 N–H and O–H groups in total. The number of carbonyl (C=O) groups excluding carboxylic acids is 1. The molecule has 0 radical (unpaired) electrons. The molecule has 3 aromatic rings. The average molecular weight is 496 g/mol. The van der Waals surface area contributed by atoms with Gasteiger partial charge in [-0.25, -0.2) is 9.61 Å². The first kappa shape index (κ1) is 25.1. The summed E-state index contributed by atoms with van der Waals surface area (Å²) in [5.41, 5.74) is 0.0270. The molecule has 2 atom stereocenters. The molecule has 1 fully saturated rings. The molecule has 0 unspecified atom stereocenters. The van der Waals surface area contributed by atoms with E-state index in [-0.39, 0.29) is 17.2 Å². The van der Waals surface area contributed by atoms with Crippen molar-refractivity contribution in [3.8, 4) is 0 Å². The number of nitrogens with zero attached hydrogens (tertiary/aromatic N) is 3. The van der Waals surface area contributed by atoms with Crippen molar-refractivity contribution in [1.29, 1.82) is 0 Å². The summed E-state index contributed by atoms with van der Waals surface area (Å²) in [5.74, 6) is -0.424. The molecular weight excluding hydrogens is 467 g/mol. The number of rotatable bonds is 10. The lowest BCUT2D eigenvalue weighted by Crippen LogP contribution is -2.47. The first-order chi connectivity index (χ1) is 16.4. The van der Waals surface area contributed by atoms with Crippen molar-refractivity contribution in [2.24, 2.45) is 0 Å². The predicted molar refractivity (Wildman–Crippen MR) is 119 cm³/mol. The van der Waals surface area contributed by atoms with Crippen molar-refractivity contribution in [2.75, 3.05) is 6.61 Å². The van der Waals surface area contributed by atoms with Gasteiger partial charge in [-0.3, -0.25) is 4.79 Å². The molecule has 1 amide bonds. The van der Waals surface area contributed by atoms with E-state index in [0.29, 0.717) is 23.7 Å². The molecular formula is C23H28F3N5O4. The maximum atomic E-state index is 13.5. The molecule has 1 aliphatic carbocycles. The second-order valence-corrected chi connectivity index (χ2v) is 9.27. The van der Waals surface area contributed by atoms with Crippen molar-refractivity contribution in [1.82, 2.24) is 25.6 Å². The molecule has 12 heteroatoms. The minimum absolute atomic E-state index is 0.0775. The Kier molecular flexibility index (Phi) is 6.87. The van der Waals surface area contributed by atoms with E-state index in [0.717, 1.165) is 38.7 Å². The van der Waals surface area contributed by atoms with Crippen LogP contribution in [0.3, 0.4) is 0 Å². The molecule has 0 saturated heterocycles. The number of aryl methyl sites for hydroxylation is 1. The summed E-state index contributed by atoms with van der Waals surface area (Å²) in [6.45, 7) is 5.45. The third-order valence-corrected chi connectivity index (χ3v) is 5.91. The Labute approximate surface area is 199 Å². The first-order valence-corrected chi connectivity index (χ1v) is 11.4. The summed E-state index contributed by atoms with van der Waals surface area (Å²) in [6.07, 6.45) is -2.43. The number of hydrogen-bond acceptors (Lipinski definition) is 7.